The number of carbonyl (C=O) groups is 2. The lowest BCUT2D eigenvalue weighted by Gasteiger charge is -2.09. The average Bonchev–Trinajstić information content (AvgIpc) is 3.13. The summed E-state index contributed by atoms with van der Waals surface area (Å²) >= 11 is 0. The SMILES string of the molecule is O=C1C(=C2NC[C@H](c3ccccc3)O2)C(=O)c2ccccc21. The van der Waals surface area contributed by atoms with Gasteiger partial charge in [-0.25, -0.2) is 0 Å². The van der Waals surface area contributed by atoms with Gasteiger partial charge in [0.25, 0.3) is 0 Å². The van der Waals surface area contributed by atoms with E-state index in [0.717, 1.165) is 5.56 Å². The molecule has 1 fully saturated rings. The van der Waals surface area contributed by atoms with Crippen LogP contribution in [0.5, 0.6) is 0 Å². The summed E-state index contributed by atoms with van der Waals surface area (Å²) < 4.78 is 5.83. The summed E-state index contributed by atoms with van der Waals surface area (Å²) in [6.07, 6.45) is -0.187. The maximum atomic E-state index is 12.4. The molecule has 0 unspecified atom stereocenters. The van der Waals surface area contributed by atoms with E-state index in [4.69, 9.17) is 4.74 Å². The summed E-state index contributed by atoms with van der Waals surface area (Å²) in [5.41, 5.74) is 2.02. The molecule has 2 aromatic carbocycles. The first-order valence-corrected chi connectivity index (χ1v) is 7.14. The number of Topliss-reactive ketones (excluding diaryl/α,β-unsaturated/α-hetero) is 2. The van der Waals surface area contributed by atoms with Crippen LogP contribution in [0.1, 0.15) is 32.4 Å². The van der Waals surface area contributed by atoms with Crippen molar-refractivity contribution in [3.63, 3.8) is 0 Å². The van der Waals surface area contributed by atoms with E-state index < -0.39 is 0 Å². The Balaban J connectivity index is 1.70. The first-order valence-electron chi connectivity index (χ1n) is 7.14. The minimum atomic E-state index is -0.267. The second kappa shape index (κ2) is 4.84. The smallest absolute Gasteiger partial charge is 0.203 e. The van der Waals surface area contributed by atoms with Crippen LogP contribution in [0.4, 0.5) is 0 Å². The summed E-state index contributed by atoms with van der Waals surface area (Å²) in [5.74, 6) is -0.242. The molecule has 0 radical (unpaired) electrons. The number of hydrogen-bond donors (Lipinski definition) is 1. The highest BCUT2D eigenvalue weighted by molar-refractivity contribution is 6.39. The van der Waals surface area contributed by atoms with Gasteiger partial charge in [0, 0.05) is 11.1 Å². The van der Waals surface area contributed by atoms with E-state index in [1.54, 1.807) is 24.3 Å². The maximum absolute atomic E-state index is 12.4. The minimum absolute atomic E-state index is 0.111. The molecular formula is C18H13NO3. The fourth-order valence-electron chi connectivity index (χ4n) is 2.87. The van der Waals surface area contributed by atoms with Crippen LogP contribution in [0.2, 0.25) is 0 Å². The van der Waals surface area contributed by atoms with Gasteiger partial charge in [-0.1, -0.05) is 54.6 Å². The topological polar surface area (TPSA) is 55.4 Å². The third-order valence-electron chi connectivity index (χ3n) is 3.98. The van der Waals surface area contributed by atoms with E-state index in [1.165, 1.54) is 0 Å². The molecule has 1 heterocycles. The Kier molecular flexibility index (Phi) is 2.82. The van der Waals surface area contributed by atoms with Gasteiger partial charge in [0.05, 0.1) is 6.54 Å². The van der Waals surface area contributed by atoms with E-state index in [2.05, 4.69) is 5.32 Å². The molecule has 4 rings (SSSR count). The standard InChI is InChI=1S/C18H13NO3/c20-16-12-8-4-5-9-13(12)17(21)15(16)18-19-10-14(22-18)11-6-2-1-3-7-11/h1-9,14,19H,10H2/t14-/m1/s1. The quantitative estimate of drug-likeness (QED) is 0.648. The van der Waals surface area contributed by atoms with Crippen molar-refractivity contribution < 1.29 is 14.3 Å². The molecule has 0 spiro atoms. The summed E-state index contributed by atoms with van der Waals surface area (Å²) in [4.78, 5) is 24.9. The highest BCUT2D eigenvalue weighted by Crippen LogP contribution is 2.32. The van der Waals surface area contributed by atoms with Gasteiger partial charge < -0.3 is 10.1 Å². The van der Waals surface area contributed by atoms with Crippen LogP contribution in [0.3, 0.4) is 0 Å². The average molecular weight is 291 g/mol. The third kappa shape index (κ3) is 1.84. The number of rotatable bonds is 1. The zero-order valence-electron chi connectivity index (χ0n) is 11.7. The van der Waals surface area contributed by atoms with Crippen LogP contribution in [-0.2, 0) is 4.74 Å². The minimum Gasteiger partial charge on any atom is -0.468 e. The molecule has 1 saturated heterocycles. The predicted molar refractivity (Wildman–Crippen MR) is 80.4 cm³/mol. The van der Waals surface area contributed by atoms with Gasteiger partial charge in [0.2, 0.25) is 17.4 Å². The Bertz CT molecular complexity index is 771. The zero-order valence-corrected chi connectivity index (χ0v) is 11.7. The predicted octanol–water partition coefficient (Wildman–Crippen LogP) is 2.64. The van der Waals surface area contributed by atoms with Gasteiger partial charge in [-0.05, 0) is 5.56 Å². The van der Waals surface area contributed by atoms with Gasteiger partial charge in [-0.3, -0.25) is 9.59 Å². The van der Waals surface area contributed by atoms with Gasteiger partial charge in [-0.2, -0.15) is 0 Å². The molecule has 2 aliphatic rings. The van der Waals surface area contributed by atoms with Crippen LogP contribution in [0.15, 0.2) is 66.1 Å². The molecule has 0 amide bonds. The molecule has 1 N–H and O–H groups in total. The number of nitrogens with one attached hydrogen (secondary N) is 1. The van der Waals surface area contributed by atoms with Crippen LogP contribution < -0.4 is 5.32 Å². The van der Waals surface area contributed by atoms with E-state index >= 15 is 0 Å². The maximum Gasteiger partial charge on any atom is 0.203 e. The third-order valence-corrected chi connectivity index (χ3v) is 3.98. The van der Waals surface area contributed by atoms with E-state index in [9.17, 15) is 9.59 Å². The van der Waals surface area contributed by atoms with Crippen molar-refractivity contribution in [1.82, 2.24) is 5.32 Å². The Hall–Kier alpha value is -2.88. The molecule has 1 atom stereocenters. The van der Waals surface area contributed by atoms with E-state index in [1.807, 2.05) is 30.3 Å². The molecular weight excluding hydrogens is 278 g/mol. The number of ether oxygens (including phenoxy) is 1. The molecule has 0 aromatic heterocycles. The Morgan fingerprint density at radius 1 is 0.864 bits per heavy atom. The highest BCUT2D eigenvalue weighted by Gasteiger charge is 2.38. The second-order valence-electron chi connectivity index (χ2n) is 5.31. The molecule has 1 aliphatic heterocycles. The Morgan fingerprint density at radius 2 is 1.45 bits per heavy atom. The van der Waals surface area contributed by atoms with Crippen molar-refractivity contribution in [2.45, 2.75) is 6.10 Å². The highest BCUT2D eigenvalue weighted by atomic mass is 16.5. The summed E-state index contributed by atoms with van der Waals surface area (Å²) in [5, 5.41) is 3.06. The monoisotopic (exact) mass is 291 g/mol. The van der Waals surface area contributed by atoms with Gasteiger partial charge in [0.15, 0.2) is 0 Å². The Labute approximate surface area is 127 Å². The summed E-state index contributed by atoms with van der Waals surface area (Å²) in [6, 6.07) is 16.6. The van der Waals surface area contributed by atoms with Crippen LogP contribution in [-0.4, -0.2) is 18.1 Å². The van der Waals surface area contributed by atoms with Gasteiger partial charge in [0.1, 0.15) is 11.7 Å². The fourth-order valence-corrected chi connectivity index (χ4v) is 2.87. The van der Waals surface area contributed by atoms with E-state index in [-0.39, 0.29) is 23.2 Å². The normalized spacial score (nSPS) is 19.9. The van der Waals surface area contributed by atoms with E-state index in [0.29, 0.717) is 23.6 Å². The number of fused-ring (bicyclic) bond motifs is 1. The molecule has 22 heavy (non-hydrogen) atoms. The lowest BCUT2D eigenvalue weighted by atomic mass is 10.1. The largest absolute Gasteiger partial charge is 0.468 e. The molecule has 1 aliphatic carbocycles. The summed E-state index contributed by atoms with van der Waals surface area (Å²) in [6.45, 7) is 0.541. The molecule has 4 heteroatoms. The fraction of sp³-hybridized carbons (Fsp3) is 0.111. The molecule has 0 saturated carbocycles. The summed E-state index contributed by atoms with van der Waals surface area (Å²) in [7, 11) is 0. The first-order chi connectivity index (χ1) is 10.8. The molecule has 2 aromatic rings. The van der Waals surface area contributed by atoms with Crippen molar-refractivity contribution >= 4 is 11.6 Å². The number of benzene rings is 2. The van der Waals surface area contributed by atoms with Crippen LogP contribution in [0.25, 0.3) is 0 Å². The van der Waals surface area contributed by atoms with Crippen molar-refractivity contribution in [3.8, 4) is 0 Å². The number of hydrogen-bond acceptors (Lipinski definition) is 4. The number of ketones is 2. The van der Waals surface area contributed by atoms with Crippen molar-refractivity contribution in [1.29, 1.82) is 0 Å². The zero-order chi connectivity index (χ0) is 15.1. The first kappa shape index (κ1) is 12.8. The van der Waals surface area contributed by atoms with Crippen molar-refractivity contribution in [3.05, 3.63) is 82.7 Å². The van der Waals surface area contributed by atoms with Gasteiger partial charge in [-0.15, -0.1) is 0 Å². The molecule has 0 bridgehead atoms. The lowest BCUT2D eigenvalue weighted by molar-refractivity contribution is 0.0965. The van der Waals surface area contributed by atoms with Crippen molar-refractivity contribution in [2.24, 2.45) is 0 Å². The van der Waals surface area contributed by atoms with Gasteiger partial charge >= 0.3 is 0 Å². The van der Waals surface area contributed by atoms with Crippen LogP contribution in [0, 0.1) is 0 Å². The molecule has 4 nitrogen and oxygen atoms in total. The number of allylic oxidation sites excluding steroid dienone is 1. The lowest BCUT2D eigenvalue weighted by Crippen LogP contribution is -2.14. The molecule has 108 valence electrons. The number of carbonyl (C=O) groups excluding carboxylic acids is 2. The van der Waals surface area contributed by atoms with Crippen LogP contribution >= 0.6 is 0 Å². The van der Waals surface area contributed by atoms with Crippen molar-refractivity contribution in [2.75, 3.05) is 6.54 Å². The Morgan fingerprint density at radius 3 is 2.09 bits per heavy atom. The second-order valence-corrected chi connectivity index (χ2v) is 5.31.